The van der Waals surface area contributed by atoms with E-state index in [2.05, 4.69) is 26.6 Å². The molecule has 0 bridgehead atoms. The zero-order valence-electron chi connectivity index (χ0n) is 13.7. The van der Waals surface area contributed by atoms with Crippen LogP contribution in [0.25, 0.3) is 0 Å². The van der Waals surface area contributed by atoms with Crippen molar-refractivity contribution in [3.8, 4) is 0 Å². The van der Waals surface area contributed by atoms with Crippen LogP contribution in [0.5, 0.6) is 0 Å². The number of carbonyl (C=O) groups is 1. The van der Waals surface area contributed by atoms with E-state index in [1.165, 1.54) is 24.1 Å². The molecule has 1 aliphatic carbocycles. The van der Waals surface area contributed by atoms with Gasteiger partial charge in [-0.15, -0.1) is 0 Å². The van der Waals surface area contributed by atoms with Crippen LogP contribution < -0.4 is 0 Å². The number of imidazole rings is 1. The summed E-state index contributed by atoms with van der Waals surface area (Å²) in [4.78, 5) is 20.5. The van der Waals surface area contributed by atoms with Crippen molar-refractivity contribution in [1.29, 1.82) is 0 Å². The number of benzene rings is 1. The Morgan fingerprint density at radius 2 is 1.96 bits per heavy atom. The fourth-order valence-electron chi connectivity index (χ4n) is 3.64. The molecule has 0 radical (unpaired) electrons. The highest BCUT2D eigenvalue weighted by molar-refractivity contribution is 5.93. The number of hydrogen-bond donors (Lipinski definition) is 0. The maximum absolute atomic E-state index is 12.0. The van der Waals surface area contributed by atoms with Crippen molar-refractivity contribution in [1.82, 2.24) is 19.4 Å². The molecule has 4 rings (SSSR count). The monoisotopic (exact) mass is 310 g/mol. The molecular formula is C18H22N4O. The van der Waals surface area contributed by atoms with Gasteiger partial charge in [0, 0.05) is 39.3 Å². The van der Waals surface area contributed by atoms with E-state index in [4.69, 9.17) is 0 Å². The quantitative estimate of drug-likeness (QED) is 0.872. The van der Waals surface area contributed by atoms with Crippen LogP contribution in [-0.4, -0.2) is 45.9 Å². The van der Waals surface area contributed by atoms with Crippen LogP contribution in [0.1, 0.15) is 34.5 Å². The van der Waals surface area contributed by atoms with Gasteiger partial charge in [-0.1, -0.05) is 12.1 Å². The first-order valence-electron chi connectivity index (χ1n) is 8.16. The van der Waals surface area contributed by atoms with Crippen molar-refractivity contribution in [3.63, 3.8) is 0 Å². The highest BCUT2D eigenvalue weighted by atomic mass is 16.2. The van der Waals surface area contributed by atoms with Gasteiger partial charge in [-0.25, -0.2) is 4.98 Å². The standard InChI is InChI=1S/C18H22N4O/c1-20(2)17(23)15-5-3-14(4-6-15)12-22-10-9-21-13-19-11-16(21)18(22)7-8-18/h3-6,11,13H,7-10,12H2,1-2H3. The predicted molar refractivity (Wildman–Crippen MR) is 88.0 cm³/mol. The lowest BCUT2D eigenvalue weighted by Gasteiger charge is -2.37. The molecule has 2 heterocycles. The van der Waals surface area contributed by atoms with Gasteiger partial charge in [0.25, 0.3) is 5.91 Å². The lowest BCUT2D eigenvalue weighted by molar-refractivity contribution is 0.0827. The first-order valence-corrected chi connectivity index (χ1v) is 8.16. The third-order valence-electron chi connectivity index (χ3n) is 5.11. The summed E-state index contributed by atoms with van der Waals surface area (Å²) < 4.78 is 2.29. The molecule has 2 aromatic rings. The number of carbonyl (C=O) groups excluding carboxylic acids is 1. The molecule has 23 heavy (non-hydrogen) atoms. The topological polar surface area (TPSA) is 41.4 Å². The lowest BCUT2D eigenvalue weighted by Crippen LogP contribution is -2.42. The van der Waals surface area contributed by atoms with Gasteiger partial charge in [-0.3, -0.25) is 9.69 Å². The Balaban J connectivity index is 1.52. The Labute approximate surface area is 136 Å². The fourth-order valence-corrected chi connectivity index (χ4v) is 3.64. The summed E-state index contributed by atoms with van der Waals surface area (Å²) >= 11 is 0. The van der Waals surface area contributed by atoms with E-state index < -0.39 is 0 Å². The second kappa shape index (κ2) is 5.20. The smallest absolute Gasteiger partial charge is 0.253 e. The van der Waals surface area contributed by atoms with E-state index in [-0.39, 0.29) is 11.4 Å². The fraction of sp³-hybridized carbons (Fsp3) is 0.444. The summed E-state index contributed by atoms with van der Waals surface area (Å²) in [6.45, 7) is 3.00. The minimum atomic E-state index is 0.0529. The van der Waals surface area contributed by atoms with Gasteiger partial charge < -0.3 is 9.47 Å². The van der Waals surface area contributed by atoms with Crippen molar-refractivity contribution < 1.29 is 4.79 Å². The maximum atomic E-state index is 12.0. The summed E-state index contributed by atoms with van der Waals surface area (Å²) in [5.41, 5.74) is 3.58. The average molecular weight is 310 g/mol. The molecular weight excluding hydrogens is 288 g/mol. The van der Waals surface area contributed by atoms with Crippen molar-refractivity contribution >= 4 is 5.91 Å². The lowest BCUT2D eigenvalue weighted by atomic mass is 10.1. The third-order valence-corrected chi connectivity index (χ3v) is 5.11. The Morgan fingerprint density at radius 3 is 2.61 bits per heavy atom. The molecule has 1 spiro atoms. The van der Waals surface area contributed by atoms with E-state index >= 15 is 0 Å². The van der Waals surface area contributed by atoms with Crippen molar-refractivity contribution in [2.45, 2.75) is 31.5 Å². The third kappa shape index (κ3) is 2.36. The van der Waals surface area contributed by atoms with Crippen LogP contribution in [0.4, 0.5) is 0 Å². The number of nitrogens with zero attached hydrogens (tertiary/aromatic N) is 4. The zero-order valence-corrected chi connectivity index (χ0v) is 13.7. The van der Waals surface area contributed by atoms with Crippen molar-refractivity contribution in [3.05, 3.63) is 53.6 Å². The second-order valence-corrected chi connectivity index (χ2v) is 6.82. The number of hydrogen-bond acceptors (Lipinski definition) is 3. The molecule has 1 amide bonds. The Morgan fingerprint density at radius 1 is 1.22 bits per heavy atom. The summed E-state index contributed by atoms with van der Waals surface area (Å²) in [5.74, 6) is 0.0529. The van der Waals surface area contributed by atoms with Gasteiger partial charge in [0.15, 0.2) is 0 Å². The number of fused-ring (bicyclic) bond motifs is 2. The van der Waals surface area contributed by atoms with Gasteiger partial charge in [0.1, 0.15) is 0 Å². The van der Waals surface area contributed by atoms with E-state index in [0.717, 1.165) is 25.2 Å². The van der Waals surface area contributed by atoms with Crippen LogP contribution in [0.2, 0.25) is 0 Å². The molecule has 0 saturated heterocycles. The molecule has 1 aliphatic heterocycles. The Hall–Kier alpha value is -2.14. The van der Waals surface area contributed by atoms with Crippen LogP contribution >= 0.6 is 0 Å². The summed E-state index contributed by atoms with van der Waals surface area (Å²) in [7, 11) is 3.56. The molecule has 2 aliphatic rings. The predicted octanol–water partition coefficient (Wildman–Crippen LogP) is 2.09. The first kappa shape index (κ1) is 14.5. The highest BCUT2D eigenvalue weighted by Gasteiger charge is 2.52. The molecule has 1 aromatic heterocycles. The van der Waals surface area contributed by atoms with Crippen LogP contribution in [0.3, 0.4) is 0 Å². The zero-order chi connectivity index (χ0) is 16.0. The van der Waals surface area contributed by atoms with Gasteiger partial charge >= 0.3 is 0 Å². The second-order valence-electron chi connectivity index (χ2n) is 6.82. The van der Waals surface area contributed by atoms with E-state index in [1.54, 1.807) is 19.0 Å². The summed E-state index contributed by atoms with van der Waals surface area (Å²) in [6, 6.07) is 8.04. The molecule has 0 atom stereocenters. The molecule has 0 unspecified atom stereocenters. The van der Waals surface area contributed by atoms with Gasteiger partial charge in [0.05, 0.1) is 23.8 Å². The van der Waals surface area contributed by atoms with Crippen LogP contribution in [0, 0.1) is 0 Å². The maximum Gasteiger partial charge on any atom is 0.253 e. The molecule has 120 valence electrons. The van der Waals surface area contributed by atoms with Crippen LogP contribution in [-0.2, 0) is 18.6 Å². The molecule has 0 N–H and O–H groups in total. The largest absolute Gasteiger partial charge is 0.345 e. The highest BCUT2D eigenvalue weighted by Crippen LogP contribution is 2.52. The van der Waals surface area contributed by atoms with Gasteiger partial charge in [-0.2, -0.15) is 0 Å². The Bertz CT molecular complexity index is 728. The molecule has 5 nitrogen and oxygen atoms in total. The summed E-state index contributed by atoms with van der Waals surface area (Å²) in [6.07, 6.45) is 6.41. The Kier molecular flexibility index (Phi) is 3.27. The van der Waals surface area contributed by atoms with E-state index in [9.17, 15) is 4.79 Å². The molecule has 1 fully saturated rings. The van der Waals surface area contributed by atoms with Crippen molar-refractivity contribution in [2.75, 3.05) is 20.6 Å². The molecule has 1 aromatic carbocycles. The number of amides is 1. The van der Waals surface area contributed by atoms with Gasteiger partial charge in [-0.05, 0) is 30.5 Å². The number of aromatic nitrogens is 2. The normalized spacial score (nSPS) is 18.7. The van der Waals surface area contributed by atoms with Gasteiger partial charge in [0.2, 0.25) is 0 Å². The number of rotatable bonds is 3. The minimum absolute atomic E-state index is 0.0529. The molecule has 5 heteroatoms. The van der Waals surface area contributed by atoms with E-state index in [1.807, 2.05) is 24.7 Å². The van der Waals surface area contributed by atoms with E-state index in [0.29, 0.717) is 0 Å². The van der Waals surface area contributed by atoms with Crippen LogP contribution in [0.15, 0.2) is 36.8 Å². The SMILES string of the molecule is CN(C)C(=O)c1ccc(CN2CCn3cncc3C23CC3)cc1. The first-order chi connectivity index (χ1) is 11.1. The minimum Gasteiger partial charge on any atom is -0.345 e. The summed E-state index contributed by atoms with van der Waals surface area (Å²) in [5, 5.41) is 0. The average Bonchev–Trinajstić information content (AvgIpc) is 3.18. The van der Waals surface area contributed by atoms with Crippen molar-refractivity contribution in [2.24, 2.45) is 0 Å². The molecule has 1 saturated carbocycles.